The Morgan fingerprint density at radius 3 is 2.85 bits per heavy atom. The molecular weight excluding hydrogens is 250 g/mol. The van der Waals surface area contributed by atoms with E-state index in [0.717, 1.165) is 18.5 Å². The Labute approximate surface area is 118 Å². The van der Waals surface area contributed by atoms with Crippen LogP contribution < -0.4 is 0 Å². The number of allylic oxidation sites excluding steroid dienone is 1. The summed E-state index contributed by atoms with van der Waals surface area (Å²) in [5.74, 6) is -0.277. The number of rotatable bonds is 3. The van der Waals surface area contributed by atoms with Gasteiger partial charge in [0, 0.05) is 5.69 Å². The van der Waals surface area contributed by atoms with Gasteiger partial charge >= 0.3 is 5.97 Å². The summed E-state index contributed by atoms with van der Waals surface area (Å²) in [5, 5.41) is 0. The minimum atomic E-state index is -0.277. The van der Waals surface area contributed by atoms with Crippen molar-refractivity contribution in [3.8, 4) is 0 Å². The molecule has 3 heteroatoms. The van der Waals surface area contributed by atoms with E-state index in [4.69, 9.17) is 4.74 Å². The Hall–Kier alpha value is -2.29. The molecule has 1 aromatic carbocycles. The summed E-state index contributed by atoms with van der Waals surface area (Å²) in [5.41, 5.74) is 5.27. The smallest absolute Gasteiger partial charge is 0.354 e. The molecule has 0 amide bonds. The number of hydrogen-bond donors (Lipinski definition) is 1. The number of esters is 1. The predicted molar refractivity (Wildman–Crippen MR) is 79.4 cm³/mol. The zero-order valence-corrected chi connectivity index (χ0v) is 11.5. The molecular formula is C17H17NO2. The van der Waals surface area contributed by atoms with Crippen LogP contribution in [-0.2, 0) is 11.2 Å². The fraction of sp³-hybridized carbons (Fsp3) is 0.235. The van der Waals surface area contributed by atoms with Crippen molar-refractivity contribution in [1.29, 1.82) is 0 Å². The molecule has 0 spiro atoms. The largest absolute Gasteiger partial charge is 0.461 e. The molecule has 1 aliphatic rings. The fourth-order valence-corrected chi connectivity index (χ4v) is 2.59. The number of hydrogen-bond acceptors (Lipinski definition) is 2. The standard InChI is InChI=1S/C17H17NO2/c1-2-20-17(19)15-11-14-9-8-13(16(14)18-15)10-12-6-4-3-5-7-12/h3-7,10-11,18H,2,8-9H2,1H3/b13-10+. The van der Waals surface area contributed by atoms with Crippen molar-refractivity contribution in [2.24, 2.45) is 0 Å². The third-order valence-corrected chi connectivity index (χ3v) is 3.52. The molecule has 0 saturated heterocycles. The van der Waals surface area contributed by atoms with E-state index in [1.807, 2.05) is 31.2 Å². The minimum Gasteiger partial charge on any atom is -0.461 e. The van der Waals surface area contributed by atoms with Crippen LogP contribution in [0.4, 0.5) is 0 Å². The van der Waals surface area contributed by atoms with E-state index in [2.05, 4.69) is 23.2 Å². The van der Waals surface area contributed by atoms with Crippen molar-refractivity contribution in [2.75, 3.05) is 6.61 Å². The van der Waals surface area contributed by atoms with Gasteiger partial charge < -0.3 is 9.72 Å². The second-order valence-electron chi connectivity index (χ2n) is 4.88. The lowest BCUT2D eigenvalue weighted by atomic mass is 10.1. The number of fused-ring (bicyclic) bond motifs is 1. The average molecular weight is 267 g/mol. The number of benzene rings is 1. The lowest BCUT2D eigenvalue weighted by Crippen LogP contribution is -2.05. The minimum absolute atomic E-state index is 0.277. The molecule has 0 radical (unpaired) electrons. The third kappa shape index (κ3) is 2.39. The zero-order chi connectivity index (χ0) is 13.9. The van der Waals surface area contributed by atoms with Crippen molar-refractivity contribution in [3.63, 3.8) is 0 Å². The van der Waals surface area contributed by atoms with Gasteiger partial charge in [-0.15, -0.1) is 0 Å². The molecule has 0 unspecified atom stereocenters. The van der Waals surface area contributed by atoms with Crippen LogP contribution in [-0.4, -0.2) is 17.6 Å². The van der Waals surface area contributed by atoms with Gasteiger partial charge in [-0.3, -0.25) is 0 Å². The number of nitrogens with one attached hydrogen (secondary N) is 1. The van der Waals surface area contributed by atoms with E-state index in [1.165, 1.54) is 16.7 Å². The van der Waals surface area contributed by atoms with E-state index in [0.29, 0.717) is 12.3 Å². The maximum absolute atomic E-state index is 11.7. The van der Waals surface area contributed by atoms with Crippen LogP contribution in [0, 0.1) is 0 Å². The Morgan fingerprint density at radius 1 is 1.30 bits per heavy atom. The Balaban J connectivity index is 1.90. The van der Waals surface area contributed by atoms with E-state index < -0.39 is 0 Å². The highest BCUT2D eigenvalue weighted by Gasteiger charge is 2.22. The summed E-state index contributed by atoms with van der Waals surface area (Å²) < 4.78 is 5.03. The van der Waals surface area contributed by atoms with Crippen LogP contribution >= 0.6 is 0 Å². The fourth-order valence-electron chi connectivity index (χ4n) is 2.59. The topological polar surface area (TPSA) is 42.1 Å². The quantitative estimate of drug-likeness (QED) is 0.862. The van der Waals surface area contributed by atoms with Gasteiger partial charge in [0.1, 0.15) is 5.69 Å². The first-order valence-electron chi connectivity index (χ1n) is 6.93. The van der Waals surface area contributed by atoms with E-state index in [-0.39, 0.29) is 5.97 Å². The van der Waals surface area contributed by atoms with Gasteiger partial charge in [0.15, 0.2) is 0 Å². The van der Waals surface area contributed by atoms with Gasteiger partial charge in [-0.25, -0.2) is 4.79 Å². The van der Waals surface area contributed by atoms with Crippen molar-refractivity contribution < 1.29 is 9.53 Å². The summed E-state index contributed by atoms with van der Waals surface area (Å²) in [6, 6.07) is 12.1. The Bertz CT molecular complexity index is 653. The SMILES string of the molecule is CCOC(=O)c1cc2c([nH]1)/C(=C/c1ccccc1)CC2. The van der Waals surface area contributed by atoms with Gasteiger partial charge in [0.25, 0.3) is 0 Å². The second kappa shape index (κ2) is 5.37. The maximum atomic E-state index is 11.7. The molecule has 0 atom stereocenters. The van der Waals surface area contributed by atoms with Gasteiger partial charge in [0.2, 0.25) is 0 Å². The van der Waals surface area contributed by atoms with Crippen LogP contribution in [0.2, 0.25) is 0 Å². The lowest BCUT2D eigenvalue weighted by Gasteiger charge is -2.01. The number of aryl methyl sites for hydroxylation is 1. The first-order valence-corrected chi connectivity index (χ1v) is 6.93. The number of H-pyrrole nitrogens is 1. The molecule has 1 aliphatic carbocycles. The van der Waals surface area contributed by atoms with E-state index in [1.54, 1.807) is 0 Å². The molecule has 0 saturated carbocycles. The second-order valence-corrected chi connectivity index (χ2v) is 4.88. The molecule has 1 N–H and O–H groups in total. The maximum Gasteiger partial charge on any atom is 0.354 e. The lowest BCUT2D eigenvalue weighted by molar-refractivity contribution is 0.0520. The first-order chi connectivity index (χ1) is 9.78. The van der Waals surface area contributed by atoms with Gasteiger partial charge in [-0.2, -0.15) is 0 Å². The molecule has 0 fully saturated rings. The van der Waals surface area contributed by atoms with Crippen molar-refractivity contribution in [3.05, 3.63) is 58.9 Å². The molecule has 102 valence electrons. The van der Waals surface area contributed by atoms with Crippen LogP contribution in [0.15, 0.2) is 36.4 Å². The average Bonchev–Trinajstić information content (AvgIpc) is 3.02. The summed E-state index contributed by atoms with van der Waals surface area (Å²) in [6.07, 6.45) is 4.17. The van der Waals surface area contributed by atoms with E-state index >= 15 is 0 Å². The van der Waals surface area contributed by atoms with Crippen LogP contribution in [0.5, 0.6) is 0 Å². The molecule has 0 aliphatic heterocycles. The molecule has 3 rings (SSSR count). The normalized spacial score (nSPS) is 15.3. The van der Waals surface area contributed by atoms with Crippen molar-refractivity contribution in [2.45, 2.75) is 19.8 Å². The highest BCUT2D eigenvalue weighted by Crippen LogP contribution is 2.33. The Morgan fingerprint density at radius 2 is 2.10 bits per heavy atom. The number of ether oxygens (including phenoxy) is 1. The molecule has 1 aromatic heterocycles. The van der Waals surface area contributed by atoms with Crippen LogP contribution in [0.3, 0.4) is 0 Å². The third-order valence-electron chi connectivity index (χ3n) is 3.52. The van der Waals surface area contributed by atoms with Gasteiger partial charge in [-0.1, -0.05) is 30.3 Å². The zero-order valence-electron chi connectivity index (χ0n) is 11.5. The summed E-state index contributed by atoms with van der Waals surface area (Å²) in [6.45, 7) is 2.21. The monoisotopic (exact) mass is 267 g/mol. The first kappa shape index (κ1) is 12.7. The van der Waals surface area contributed by atoms with E-state index in [9.17, 15) is 4.79 Å². The number of aromatic amines is 1. The highest BCUT2D eigenvalue weighted by atomic mass is 16.5. The highest BCUT2D eigenvalue weighted by molar-refractivity contribution is 5.91. The molecule has 0 bridgehead atoms. The molecule has 3 nitrogen and oxygen atoms in total. The van der Waals surface area contributed by atoms with Gasteiger partial charge in [0.05, 0.1) is 6.61 Å². The molecule has 1 heterocycles. The Kier molecular flexibility index (Phi) is 3.42. The number of aromatic nitrogens is 1. The van der Waals surface area contributed by atoms with Crippen LogP contribution in [0.25, 0.3) is 11.6 Å². The van der Waals surface area contributed by atoms with Crippen molar-refractivity contribution in [1.82, 2.24) is 4.98 Å². The predicted octanol–water partition coefficient (Wildman–Crippen LogP) is 3.68. The molecule has 2 aromatic rings. The summed E-state index contributed by atoms with van der Waals surface area (Å²) >= 11 is 0. The van der Waals surface area contributed by atoms with Gasteiger partial charge in [-0.05, 0) is 48.6 Å². The summed E-state index contributed by atoms with van der Waals surface area (Å²) in [7, 11) is 0. The van der Waals surface area contributed by atoms with Crippen LogP contribution in [0.1, 0.15) is 40.7 Å². The number of carbonyl (C=O) groups excluding carboxylic acids is 1. The number of carbonyl (C=O) groups is 1. The van der Waals surface area contributed by atoms with Crippen molar-refractivity contribution >= 4 is 17.6 Å². The summed E-state index contributed by atoms with van der Waals surface area (Å²) in [4.78, 5) is 14.9. The molecule has 20 heavy (non-hydrogen) atoms.